The van der Waals surface area contributed by atoms with E-state index in [0.29, 0.717) is 17.2 Å². The molecule has 1 amide bonds. The molecule has 0 radical (unpaired) electrons. The number of benzene rings is 1. The SMILES string of the molecule is COc1cc(NC(=O)CSc2ncnc3sccc23)cc(OC)c1. The molecule has 0 aliphatic heterocycles. The summed E-state index contributed by atoms with van der Waals surface area (Å²) in [6, 6.07) is 7.20. The van der Waals surface area contributed by atoms with E-state index in [2.05, 4.69) is 15.3 Å². The molecule has 8 heteroatoms. The molecule has 1 aromatic carbocycles. The maximum atomic E-state index is 12.2. The van der Waals surface area contributed by atoms with Crippen molar-refractivity contribution in [3.63, 3.8) is 0 Å². The van der Waals surface area contributed by atoms with Crippen LogP contribution < -0.4 is 14.8 Å². The van der Waals surface area contributed by atoms with Crippen LogP contribution >= 0.6 is 23.1 Å². The van der Waals surface area contributed by atoms with Crippen LogP contribution in [0.15, 0.2) is 41.0 Å². The lowest BCUT2D eigenvalue weighted by atomic mass is 10.2. The highest BCUT2D eigenvalue weighted by Gasteiger charge is 2.10. The van der Waals surface area contributed by atoms with Gasteiger partial charge in [0.15, 0.2) is 0 Å². The second-order valence-corrected chi connectivity index (χ2v) is 6.62. The van der Waals surface area contributed by atoms with Gasteiger partial charge in [-0.15, -0.1) is 11.3 Å². The van der Waals surface area contributed by atoms with Gasteiger partial charge < -0.3 is 14.8 Å². The molecule has 2 aromatic heterocycles. The van der Waals surface area contributed by atoms with Crippen LogP contribution in [0.4, 0.5) is 5.69 Å². The third kappa shape index (κ3) is 3.77. The highest BCUT2D eigenvalue weighted by molar-refractivity contribution is 8.00. The van der Waals surface area contributed by atoms with Crippen LogP contribution in [-0.4, -0.2) is 35.8 Å². The molecule has 0 atom stereocenters. The quantitative estimate of drug-likeness (QED) is 0.536. The molecule has 0 saturated heterocycles. The summed E-state index contributed by atoms with van der Waals surface area (Å²) < 4.78 is 10.4. The zero-order chi connectivity index (χ0) is 16.9. The largest absolute Gasteiger partial charge is 0.497 e. The minimum Gasteiger partial charge on any atom is -0.497 e. The van der Waals surface area contributed by atoms with Crippen LogP contribution in [0.1, 0.15) is 0 Å². The van der Waals surface area contributed by atoms with Crippen molar-refractivity contribution in [3.8, 4) is 11.5 Å². The van der Waals surface area contributed by atoms with Crippen molar-refractivity contribution in [2.45, 2.75) is 5.03 Å². The summed E-state index contributed by atoms with van der Waals surface area (Å²) in [7, 11) is 3.13. The molecule has 24 heavy (non-hydrogen) atoms. The lowest BCUT2D eigenvalue weighted by molar-refractivity contribution is -0.113. The number of thioether (sulfide) groups is 1. The number of fused-ring (bicyclic) bond motifs is 1. The van der Waals surface area contributed by atoms with Crippen LogP contribution in [0, 0.1) is 0 Å². The van der Waals surface area contributed by atoms with Gasteiger partial charge in [0.05, 0.1) is 20.0 Å². The molecule has 3 aromatic rings. The number of aromatic nitrogens is 2. The number of carbonyl (C=O) groups excluding carboxylic acids is 1. The van der Waals surface area contributed by atoms with E-state index in [1.54, 1.807) is 43.8 Å². The zero-order valence-corrected chi connectivity index (χ0v) is 14.7. The summed E-state index contributed by atoms with van der Waals surface area (Å²) in [5.41, 5.74) is 0.625. The molecule has 0 spiro atoms. The Morgan fingerprint density at radius 3 is 2.67 bits per heavy atom. The van der Waals surface area contributed by atoms with Crippen molar-refractivity contribution in [2.75, 3.05) is 25.3 Å². The van der Waals surface area contributed by atoms with E-state index in [0.717, 1.165) is 15.2 Å². The Morgan fingerprint density at radius 2 is 1.96 bits per heavy atom. The molecule has 0 unspecified atom stereocenters. The standard InChI is InChI=1S/C16H15N3O3S2/c1-21-11-5-10(6-12(7-11)22-2)19-14(20)8-24-16-13-3-4-23-15(13)17-9-18-16/h3-7,9H,8H2,1-2H3,(H,19,20). The van der Waals surface area contributed by atoms with Crippen molar-refractivity contribution in [2.24, 2.45) is 0 Å². The zero-order valence-electron chi connectivity index (χ0n) is 13.1. The average Bonchev–Trinajstić information content (AvgIpc) is 3.08. The Bertz CT molecular complexity index is 844. The first-order valence-corrected chi connectivity index (χ1v) is 8.90. The fourth-order valence-corrected chi connectivity index (χ4v) is 3.67. The number of thiophene rings is 1. The molecule has 1 N–H and O–H groups in total. The van der Waals surface area contributed by atoms with E-state index in [9.17, 15) is 4.79 Å². The predicted molar refractivity (Wildman–Crippen MR) is 96.3 cm³/mol. The molecule has 0 bridgehead atoms. The first kappa shape index (κ1) is 16.5. The van der Waals surface area contributed by atoms with Gasteiger partial charge in [-0.3, -0.25) is 4.79 Å². The smallest absolute Gasteiger partial charge is 0.234 e. The number of amides is 1. The van der Waals surface area contributed by atoms with E-state index in [1.165, 1.54) is 18.1 Å². The molecule has 6 nitrogen and oxygen atoms in total. The highest BCUT2D eigenvalue weighted by Crippen LogP contribution is 2.28. The number of anilines is 1. The maximum Gasteiger partial charge on any atom is 0.234 e. The summed E-state index contributed by atoms with van der Waals surface area (Å²) in [5.74, 6) is 1.36. The minimum atomic E-state index is -0.128. The van der Waals surface area contributed by atoms with Gasteiger partial charge in [-0.1, -0.05) is 11.8 Å². The minimum absolute atomic E-state index is 0.128. The topological polar surface area (TPSA) is 73.3 Å². The molecular formula is C16H15N3O3S2. The van der Waals surface area contributed by atoms with E-state index in [-0.39, 0.29) is 11.7 Å². The monoisotopic (exact) mass is 361 g/mol. The van der Waals surface area contributed by atoms with E-state index in [1.807, 2.05) is 11.4 Å². The van der Waals surface area contributed by atoms with Crippen LogP contribution in [-0.2, 0) is 4.79 Å². The fourth-order valence-electron chi connectivity index (χ4n) is 2.09. The number of carbonyl (C=O) groups is 1. The van der Waals surface area contributed by atoms with Crippen molar-refractivity contribution in [1.29, 1.82) is 0 Å². The molecule has 0 fully saturated rings. The lowest BCUT2D eigenvalue weighted by Crippen LogP contribution is -2.14. The van der Waals surface area contributed by atoms with Crippen molar-refractivity contribution in [3.05, 3.63) is 36.0 Å². The Hall–Kier alpha value is -2.32. The summed E-state index contributed by atoms with van der Waals surface area (Å²) in [4.78, 5) is 21.6. The Balaban J connectivity index is 1.67. The molecule has 0 aliphatic carbocycles. The number of methoxy groups -OCH3 is 2. The van der Waals surface area contributed by atoms with Crippen LogP contribution in [0.5, 0.6) is 11.5 Å². The predicted octanol–water partition coefficient (Wildman–Crippen LogP) is 3.44. The second-order valence-electron chi connectivity index (χ2n) is 4.76. The number of rotatable bonds is 6. The second kappa shape index (κ2) is 7.50. The van der Waals surface area contributed by atoms with Crippen molar-refractivity contribution >= 4 is 44.9 Å². The molecule has 2 heterocycles. The summed E-state index contributed by atoms with van der Waals surface area (Å²) in [5, 5.41) is 6.59. The molecule has 0 saturated carbocycles. The molecule has 124 valence electrons. The van der Waals surface area contributed by atoms with Gasteiger partial charge in [0.25, 0.3) is 0 Å². The third-order valence-electron chi connectivity index (χ3n) is 3.20. The number of hydrogen-bond donors (Lipinski definition) is 1. The first-order chi connectivity index (χ1) is 11.7. The summed E-state index contributed by atoms with van der Waals surface area (Å²) in [6.07, 6.45) is 1.52. The molecular weight excluding hydrogens is 346 g/mol. The van der Waals surface area contributed by atoms with Gasteiger partial charge in [-0.05, 0) is 11.4 Å². The summed E-state index contributed by atoms with van der Waals surface area (Å²) >= 11 is 2.94. The number of ether oxygens (including phenoxy) is 2. The van der Waals surface area contributed by atoms with Gasteiger partial charge >= 0.3 is 0 Å². The van der Waals surface area contributed by atoms with Crippen LogP contribution in [0.25, 0.3) is 10.2 Å². The van der Waals surface area contributed by atoms with Crippen LogP contribution in [0.3, 0.4) is 0 Å². The average molecular weight is 361 g/mol. The Morgan fingerprint density at radius 1 is 1.21 bits per heavy atom. The normalized spacial score (nSPS) is 10.6. The van der Waals surface area contributed by atoms with Crippen molar-refractivity contribution in [1.82, 2.24) is 9.97 Å². The van der Waals surface area contributed by atoms with Gasteiger partial charge in [-0.2, -0.15) is 0 Å². The fraction of sp³-hybridized carbons (Fsp3) is 0.188. The van der Waals surface area contributed by atoms with E-state index >= 15 is 0 Å². The van der Waals surface area contributed by atoms with Gasteiger partial charge in [0, 0.05) is 29.3 Å². The molecule has 0 aliphatic rings. The Labute approximate surface area is 147 Å². The molecule has 3 rings (SSSR count). The third-order valence-corrected chi connectivity index (χ3v) is 5.03. The Kier molecular flexibility index (Phi) is 5.17. The van der Waals surface area contributed by atoms with Gasteiger partial charge in [-0.25, -0.2) is 9.97 Å². The highest BCUT2D eigenvalue weighted by atomic mass is 32.2. The van der Waals surface area contributed by atoms with E-state index in [4.69, 9.17) is 9.47 Å². The number of nitrogens with zero attached hydrogens (tertiary/aromatic N) is 2. The van der Waals surface area contributed by atoms with Crippen LogP contribution in [0.2, 0.25) is 0 Å². The maximum absolute atomic E-state index is 12.2. The first-order valence-electron chi connectivity index (χ1n) is 7.03. The van der Waals surface area contributed by atoms with Gasteiger partial charge in [0.1, 0.15) is 27.7 Å². The van der Waals surface area contributed by atoms with E-state index < -0.39 is 0 Å². The van der Waals surface area contributed by atoms with Crippen molar-refractivity contribution < 1.29 is 14.3 Å². The summed E-state index contributed by atoms with van der Waals surface area (Å²) in [6.45, 7) is 0. The van der Waals surface area contributed by atoms with Gasteiger partial charge in [0.2, 0.25) is 5.91 Å². The lowest BCUT2D eigenvalue weighted by Gasteiger charge is -2.09. The number of nitrogens with one attached hydrogen (secondary N) is 1. The number of hydrogen-bond acceptors (Lipinski definition) is 7.